The quantitative estimate of drug-likeness (QED) is 0.820. The molecule has 1 aliphatic heterocycles. The number of hydrogen-bond donors (Lipinski definition) is 1. The Balaban J connectivity index is 1.42. The average Bonchev–Trinajstić information content (AvgIpc) is 3.03. The number of nitrogens with zero attached hydrogens (tertiary/aromatic N) is 3. The van der Waals surface area contributed by atoms with Gasteiger partial charge in [0.2, 0.25) is 5.89 Å². The number of hydrogen-bond acceptors (Lipinski definition) is 6. The Morgan fingerprint density at radius 2 is 2.21 bits per heavy atom. The van der Waals surface area contributed by atoms with Crippen molar-refractivity contribution in [2.24, 2.45) is 5.41 Å². The van der Waals surface area contributed by atoms with E-state index in [9.17, 15) is 4.79 Å². The first-order chi connectivity index (χ1) is 11.7. The number of rotatable bonds is 7. The van der Waals surface area contributed by atoms with E-state index in [-0.39, 0.29) is 23.2 Å². The van der Waals surface area contributed by atoms with Crippen LogP contribution >= 0.6 is 0 Å². The van der Waals surface area contributed by atoms with E-state index >= 15 is 0 Å². The van der Waals surface area contributed by atoms with Gasteiger partial charge in [-0.25, -0.2) is 0 Å². The Labute approximate surface area is 142 Å². The van der Waals surface area contributed by atoms with Crippen LogP contribution in [0.2, 0.25) is 0 Å². The highest BCUT2D eigenvalue weighted by Crippen LogP contribution is 2.44. The molecule has 1 aromatic rings. The topological polar surface area (TPSA) is 80.5 Å². The van der Waals surface area contributed by atoms with E-state index < -0.39 is 0 Å². The smallest absolute Gasteiger partial charge is 0.292 e. The molecule has 0 bridgehead atoms. The highest BCUT2D eigenvalue weighted by atomic mass is 16.5. The van der Waals surface area contributed by atoms with Gasteiger partial charge in [-0.2, -0.15) is 4.98 Å². The molecule has 1 aromatic heterocycles. The zero-order chi connectivity index (χ0) is 16.6. The van der Waals surface area contributed by atoms with Crippen molar-refractivity contribution in [1.29, 1.82) is 0 Å². The van der Waals surface area contributed by atoms with Gasteiger partial charge in [0.1, 0.15) is 0 Å². The van der Waals surface area contributed by atoms with Crippen LogP contribution in [-0.4, -0.2) is 53.8 Å². The van der Waals surface area contributed by atoms with Crippen LogP contribution in [0.4, 0.5) is 0 Å². The Bertz CT molecular complexity index is 594. The normalized spacial score (nSPS) is 26.3. The van der Waals surface area contributed by atoms with E-state index in [0.717, 1.165) is 45.4 Å². The van der Waals surface area contributed by atoms with Crippen molar-refractivity contribution in [2.45, 2.75) is 57.0 Å². The third kappa shape index (κ3) is 3.19. The molecule has 2 saturated carbocycles. The van der Waals surface area contributed by atoms with Crippen LogP contribution in [0.1, 0.15) is 67.5 Å². The van der Waals surface area contributed by atoms with E-state index in [4.69, 9.17) is 9.26 Å². The van der Waals surface area contributed by atoms with Crippen molar-refractivity contribution in [3.05, 3.63) is 11.7 Å². The van der Waals surface area contributed by atoms with Crippen LogP contribution in [-0.2, 0) is 4.74 Å². The summed E-state index contributed by atoms with van der Waals surface area (Å²) < 4.78 is 10.9. The molecule has 1 N–H and O–H groups in total. The molecule has 24 heavy (non-hydrogen) atoms. The third-order valence-corrected chi connectivity index (χ3v) is 5.61. The molecule has 2 heterocycles. The van der Waals surface area contributed by atoms with E-state index in [0.29, 0.717) is 11.9 Å². The van der Waals surface area contributed by atoms with Gasteiger partial charge in [-0.1, -0.05) is 11.6 Å². The number of likely N-dealkylation sites (tertiary alicyclic amines) is 1. The summed E-state index contributed by atoms with van der Waals surface area (Å²) in [4.78, 5) is 18.9. The Morgan fingerprint density at radius 3 is 2.88 bits per heavy atom. The fourth-order valence-corrected chi connectivity index (χ4v) is 4.00. The summed E-state index contributed by atoms with van der Waals surface area (Å²) >= 11 is 0. The summed E-state index contributed by atoms with van der Waals surface area (Å²) in [5.74, 6) is 0.534. The zero-order valence-corrected chi connectivity index (χ0v) is 14.3. The number of aromatic nitrogens is 2. The minimum atomic E-state index is -0.216. The Hall–Kier alpha value is -1.47. The van der Waals surface area contributed by atoms with Crippen molar-refractivity contribution in [2.75, 3.05) is 26.8 Å². The molecule has 4 rings (SSSR count). The number of amides is 1. The first-order valence-corrected chi connectivity index (χ1v) is 9.07. The Kier molecular flexibility index (Phi) is 4.30. The molecule has 3 aliphatic rings. The maximum atomic E-state index is 12.0. The van der Waals surface area contributed by atoms with Gasteiger partial charge in [0.25, 0.3) is 11.7 Å². The summed E-state index contributed by atoms with van der Waals surface area (Å²) in [6.45, 7) is 2.87. The van der Waals surface area contributed by atoms with Crippen molar-refractivity contribution < 1.29 is 14.1 Å². The fourth-order valence-electron chi connectivity index (χ4n) is 4.00. The van der Waals surface area contributed by atoms with Crippen LogP contribution in [0.3, 0.4) is 0 Å². The maximum absolute atomic E-state index is 12.0. The van der Waals surface area contributed by atoms with Crippen molar-refractivity contribution in [3.63, 3.8) is 0 Å². The van der Waals surface area contributed by atoms with Gasteiger partial charge in [0.05, 0.1) is 12.6 Å². The molecule has 1 atom stereocenters. The molecular weight excluding hydrogens is 308 g/mol. The second-order valence-corrected chi connectivity index (χ2v) is 7.62. The van der Waals surface area contributed by atoms with Crippen molar-refractivity contribution in [3.8, 4) is 0 Å². The van der Waals surface area contributed by atoms with Crippen molar-refractivity contribution in [1.82, 2.24) is 20.4 Å². The highest BCUT2D eigenvalue weighted by Gasteiger charge is 2.42. The Morgan fingerprint density at radius 1 is 1.38 bits per heavy atom. The zero-order valence-electron chi connectivity index (χ0n) is 14.3. The number of nitrogens with one attached hydrogen (secondary N) is 1. The summed E-state index contributed by atoms with van der Waals surface area (Å²) in [7, 11) is 1.78. The summed E-state index contributed by atoms with van der Waals surface area (Å²) in [5.41, 5.74) is 0.281. The molecule has 132 valence electrons. The highest BCUT2D eigenvalue weighted by molar-refractivity contribution is 5.90. The lowest BCUT2D eigenvalue weighted by Gasteiger charge is -2.44. The summed E-state index contributed by atoms with van der Waals surface area (Å²) in [6, 6.07) is 0.434. The van der Waals surface area contributed by atoms with E-state index in [1.54, 1.807) is 7.11 Å². The molecular formula is C17H26N4O3. The standard InChI is InChI=1S/C17H26N4O3/c1-23-11-17(7-3-8-17)10-21-9-2-4-13(21)16-19-14(20-24-16)15(22)18-12-5-6-12/h12-13H,2-11H2,1H3,(H,18,22). The minimum absolute atomic E-state index is 0.134. The van der Waals surface area contributed by atoms with Crippen molar-refractivity contribution >= 4 is 5.91 Å². The van der Waals surface area contributed by atoms with Gasteiger partial charge in [-0.05, 0) is 45.1 Å². The predicted octanol–water partition coefficient (Wildman–Crippen LogP) is 1.92. The molecule has 2 aliphatic carbocycles. The molecule has 1 unspecified atom stereocenters. The first-order valence-electron chi connectivity index (χ1n) is 9.07. The van der Waals surface area contributed by atoms with Gasteiger partial charge in [-0.3, -0.25) is 9.69 Å². The molecule has 1 saturated heterocycles. The van der Waals surface area contributed by atoms with Gasteiger partial charge >= 0.3 is 0 Å². The third-order valence-electron chi connectivity index (χ3n) is 5.61. The number of ether oxygens (including phenoxy) is 1. The second kappa shape index (κ2) is 6.44. The fraction of sp³-hybridized carbons (Fsp3) is 0.824. The largest absolute Gasteiger partial charge is 0.384 e. The monoisotopic (exact) mass is 334 g/mol. The predicted molar refractivity (Wildman–Crippen MR) is 86.5 cm³/mol. The van der Waals surface area contributed by atoms with Gasteiger partial charge in [0, 0.05) is 25.1 Å². The molecule has 0 radical (unpaired) electrons. The molecule has 0 aromatic carbocycles. The van der Waals surface area contributed by atoms with Gasteiger partial charge < -0.3 is 14.6 Å². The number of carbonyl (C=O) groups excluding carboxylic acids is 1. The maximum Gasteiger partial charge on any atom is 0.292 e. The second-order valence-electron chi connectivity index (χ2n) is 7.62. The summed E-state index contributed by atoms with van der Waals surface area (Å²) in [5, 5.41) is 6.80. The molecule has 1 amide bonds. The van der Waals surface area contributed by atoms with Crippen LogP contribution in [0, 0.1) is 5.41 Å². The van der Waals surface area contributed by atoms with Crippen LogP contribution in [0.5, 0.6) is 0 Å². The number of carbonyl (C=O) groups is 1. The average molecular weight is 334 g/mol. The lowest BCUT2D eigenvalue weighted by molar-refractivity contribution is -0.0170. The van der Waals surface area contributed by atoms with Crippen LogP contribution < -0.4 is 5.32 Å². The molecule has 7 heteroatoms. The molecule has 0 spiro atoms. The summed E-state index contributed by atoms with van der Waals surface area (Å²) in [6.07, 6.45) is 7.97. The lowest BCUT2D eigenvalue weighted by atomic mass is 9.69. The molecule has 7 nitrogen and oxygen atoms in total. The number of methoxy groups -OCH3 is 1. The SMILES string of the molecule is COCC1(CN2CCCC2c2nc(C(=O)NC3CC3)no2)CCC1. The molecule has 3 fully saturated rings. The van der Waals surface area contributed by atoms with E-state index in [1.807, 2.05) is 0 Å². The first kappa shape index (κ1) is 16.0. The van der Waals surface area contributed by atoms with Gasteiger partial charge in [0.15, 0.2) is 0 Å². The van der Waals surface area contributed by atoms with E-state index in [2.05, 4.69) is 20.4 Å². The lowest BCUT2D eigenvalue weighted by Crippen LogP contribution is -2.45. The van der Waals surface area contributed by atoms with Gasteiger partial charge in [-0.15, -0.1) is 0 Å². The minimum Gasteiger partial charge on any atom is -0.384 e. The van der Waals surface area contributed by atoms with E-state index in [1.165, 1.54) is 19.3 Å². The van der Waals surface area contributed by atoms with Crippen LogP contribution in [0.25, 0.3) is 0 Å². The van der Waals surface area contributed by atoms with Crippen LogP contribution in [0.15, 0.2) is 4.52 Å².